The van der Waals surface area contributed by atoms with Crippen molar-refractivity contribution in [3.05, 3.63) is 23.7 Å². The van der Waals surface area contributed by atoms with Crippen molar-refractivity contribution in [2.24, 2.45) is 0 Å². The molecule has 0 aromatic carbocycles. The van der Waals surface area contributed by atoms with Crippen LogP contribution in [0.5, 0.6) is 0 Å². The highest BCUT2D eigenvalue weighted by atomic mass is 35.5. The number of halogens is 1. The maximum Gasteiger partial charge on any atom is 0.256 e. The maximum absolute atomic E-state index is 5.89. The van der Waals surface area contributed by atoms with E-state index in [1.54, 1.807) is 18.5 Å². The van der Waals surface area contributed by atoms with Crippen LogP contribution >= 0.6 is 11.6 Å². The zero-order valence-corrected chi connectivity index (χ0v) is 11.8. The molecule has 2 aromatic rings. The molecule has 2 rings (SSSR count). The van der Waals surface area contributed by atoms with E-state index in [4.69, 9.17) is 11.6 Å². The minimum Gasteiger partial charge on any atom is -0.352 e. The monoisotopic (exact) mass is 281 g/mol. The molecule has 0 bridgehead atoms. The van der Waals surface area contributed by atoms with Crippen molar-refractivity contribution in [1.29, 1.82) is 0 Å². The molecule has 2 heterocycles. The molecular formula is C11H16ClN7. The fourth-order valence-corrected chi connectivity index (χ4v) is 1.49. The largest absolute Gasteiger partial charge is 0.352 e. The van der Waals surface area contributed by atoms with Crippen LogP contribution in [0.2, 0.25) is 5.28 Å². The number of nitrogens with zero attached hydrogens (tertiary/aromatic N) is 6. The van der Waals surface area contributed by atoms with Crippen molar-refractivity contribution in [2.45, 2.75) is 13.0 Å². The number of hydrogen-bond donors (Lipinski definition) is 1. The number of hydrogen-bond acceptors (Lipinski definition) is 6. The van der Waals surface area contributed by atoms with Crippen molar-refractivity contribution in [1.82, 2.24) is 29.6 Å². The first kappa shape index (κ1) is 13.7. The van der Waals surface area contributed by atoms with Gasteiger partial charge in [-0.2, -0.15) is 20.1 Å². The van der Waals surface area contributed by atoms with Gasteiger partial charge >= 0.3 is 0 Å². The lowest BCUT2D eigenvalue weighted by molar-refractivity contribution is 0.325. The van der Waals surface area contributed by atoms with Crippen LogP contribution in [0.3, 0.4) is 0 Å². The molecule has 0 aliphatic carbocycles. The van der Waals surface area contributed by atoms with Gasteiger partial charge in [0.1, 0.15) is 0 Å². The smallest absolute Gasteiger partial charge is 0.256 e. The third kappa shape index (κ3) is 3.62. The molecule has 2 aromatic heterocycles. The van der Waals surface area contributed by atoms with Gasteiger partial charge in [-0.25, -0.2) is 4.68 Å². The summed E-state index contributed by atoms with van der Waals surface area (Å²) >= 11 is 5.89. The quantitative estimate of drug-likeness (QED) is 0.884. The Morgan fingerprint density at radius 2 is 2.16 bits per heavy atom. The lowest BCUT2D eigenvalue weighted by atomic mass is 10.3. The van der Waals surface area contributed by atoms with E-state index in [1.807, 2.05) is 14.1 Å². The van der Waals surface area contributed by atoms with Gasteiger partial charge in [-0.1, -0.05) is 0 Å². The fourth-order valence-electron chi connectivity index (χ4n) is 1.33. The van der Waals surface area contributed by atoms with Gasteiger partial charge in [0.25, 0.3) is 5.95 Å². The lowest BCUT2D eigenvalue weighted by Gasteiger charge is -2.19. The summed E-state index contributed by atoms with van der Waals surface area (Å²) in [4.78, 5) is 14.5. The first-order valence-electron chi connectivity index (χ1n) is 5.88. The average Bonchev–Trinajstić information content (AvgIpc) is 2.89. The molecular weight excluding hydrogens is 266 g/mol. The number of nitrogens with one attached hydrogen (secondary N) is 1. The van der Waals surface area contributed by atoms with Gasteiger partial charge in [0.15, 0.2) is 0 Å². The SMILES string of the molecule is CC(CNc1nc(Cl)nc(-n2cccn2)n1)N(C)C. The van der Waals surface area contributed by atoms with Gasteiger partial charge < -0.3 is 10.2 Å². The normalized spacial score (nSPS) is 12.7. The van der Waals surface area contributed by atoms with Crippen molar-refractivity contribution in [3.63, 3.8) is 0 Å². The predicted octanol–water partition coefficient (Wildman–Crippen LogP) is 1.07. The van der Waals surface area contributed by atoms with Gasteiger partial charge in [0.05, 0.1) is 0 Å². The maximum atomic E-state index is 5.89. The van der Waals surface area contributed by atoms with Gasteiger partial charge in [0, 0.05) is 25.0 Å². The summed E-state index contributed by atoms with van der Waals surface area (Å²) in [6.07, 6.45) is 3.40. The van der Waals surface area contributed by atoms with Crippen LogP contribution in [0, 0.1) is 0 Å². The van der Waals surface area contributed by atoms with Gasteiger partial charge in [-0.3, -0.25) is 0 Å². The summed E-state index contributed by atoms with van der Waals surface area (Å²) in [5.74, 6) is 0.837. The van der Waals surface area contributed by atoms with Gasteiger partial charge in [-0.05, 0) is 38.7 Å². The van der Waals surface area contributed by atoms with Crippen LogP contribution in [0.25, 0.3) is 5.95 Å². The van der Waals surface area contributed by atoms with E-state index in [1.165, 1.54) is 4.68 Å². The first-order valence-corrected chi connectivity index (χ1v) is 6.26. The molecule has 1 unspecified atom stereocenters. The fraction of sp³-hybridized carbons (Fsp3) is 0.455. The minimum atomic E-state index is 0.139. The molecule has 0 amide bonds. The van der Waals surface area contributed by atoms with Crippen LogP contribution in [-0.4, -0.2) is 56.3 Å². The summed E-state index contributed by atoms with van der Waals surface area (Å²) in [6.45, 7) is 2.82. The molecule has 0 radical (unpaired) electrons. The molecule has 0 saturated carbocycles. The molecule has 102 valence electrons. The van der Waals surface area contributed by atoms with Crippen LogP contribution in [0.15, 0.2) is 18.5 Å². The molecule has 19 heavy (non-hydrogen) atoms. The Kier molecular flexibility index (Phi) is 4.28. The van der Waals surface area contributed by atoms with E-state index in [9.17, 15) is 0 Å². The molecule has 8 heteroatoms. The Balaban J connectivity index is 2.13. The molecule has 0 fully saturated rings. The molecule has 1 atom stereocenters. The van der Waals surface area contributed by atoms with E-state index < -0.39 is 0 Å². The molecule has 0 aliphatic heterocycles. The summed E-state index contributed by atoms with van der Waals surface area (Å²) in [5.41, 5.74) is 0. The number of likely N-dealkylation sites (N-methyl/N-ethyl adjacent to an activating group) is 1. The highest BCUT2D eigenvalue weighted by molar-refractivity contribution is 6.28. The molecule has 1 N–H and O–H groups in total. The summed E-state index contributed by atoms with van der Waals surface area (Å²) < 4.78 is 1.54. The van der Waals surface area contributed by atoms with Crippen LogP contribution in [-0.2, 0) is 0 Å². The molecule has 7 nitrogen and oxygen atoms in total. The highest BCUT2D eigenvalue weighted by Gasteiger charge is 2.09. The first-order chi connectivity index (χ1) is 9.06. The third-order valence-electron chi connectivity index (χ3n) is 2.74. The van der Waals surface area contributed by atoms with Gasteiger partial charge in [-0.15, -0.1) is 0 Å². The second-order valence-corrected chi connectivity index (χ2v) is 4.71. The zero-order chi connectivity index (χ0) is 13.8. The lowest BCUT2D eigenvalue weighted by Crippen LogP contribution is -2.32. The average molecular weight is 282 g/mol. The van der Waals surface area contributed by atoms with E-state index >= 15 is 0 Å². The number of anilines is 1. The zero-order valence-electron chi connectivity index (χ0n) is 11.1. The van der Waals surface area contributed by atoms with Crippen molar-refractivity contribution >= 4 is 17.5 Å². The highest BCUT2D eigenvalue weighted by Crippen LogP contribution is 2.09. The summed E-state index contributed by atoms with van der Waals surface area (Å²) in [5, 5.41) is 7.34. The van der Waals surface area contributed by atoms with Crippen LogP contribution < -0.4 is 5.32 Å². The molecule has 0 saturated heterocycles. The van der Waals surface area contributed by atoms with Crippen LogP contribution in [0.4, 0.5) is 5.95 Å². The third-order valence-corrected chi connectivity index (χ3v) is 2.91. The van der Waals surface area contributed by atoms with E-state index in [0.29, 0.717) is 24.5 Å². The number of aromatic nitrogens is 5. The Hall–Kier alpha value is -1.73. The molecule has 0 spiro atoms. The van der Waals surface area contributed by atoms with Crippen molar-refractivity contribution < 1.29 is 0 Å². The van der Waals surface area contributed by atoms with E-state index in [2.05, 4.69) is 37.2 Å². The summed E-state index contributed by atoms with van der Waals surface area (Å²) in [6, 6.07) is 2.14. The second kappa shape index (κ2) is 5.94. The van der Waals surface area contributed by atoms with Gasteiger partial charge in [0.2, 0.25) is 11.2 Å². The van der Waals surface area contributed by atoms with Crippen LogP contribution in [0.1, 0.15) is 6.92 Å². The van der Waals surface area contributed by atoms with Crippen molar-refractivity contribution in [3.8, 4) is 5.95 Å². The molecule has 0 aliphatic rings. The Morgan fingerprint density at radius 3 is 2.79 bits per heavy atom. The summed E-state index contributed by atoms with van der Waals surface area (Å²) in [7, 11) is 4.03. The topological polar surface area (TPSA) is 71.8 Å². The Bertz CT molecular complexity index is 526. The standard InChI is InChI=1S/C11H16ClN7/c1-8(18(2)3)7-13-10-15-9(12)16-11(17-10)19-6-4-5-14-19/h4-6,8H,7H2,1-3H3,(H,13,15,16,17). The van der Waals surface area contributed by atoms with E-state index in [0.717, 1.165) is 0 Å². The van der Waals surface area contributed by atoms with E-state index in [-0.39, 0.29) is 5.28 Å². The second-order valence-electron chi connectivity index (χ2n) is 4.37. The number of rotatable bonds is 5. The van der Waals surface area contributed by atoms with Crippen molar-refractivity contribution in [2.75, 3.05) is 26.0 Å². The minimum absolute atomic E-state index is 0.139. The Morgan fingerprint density at radius 1 is 1.37 bits per heavy atom. The predicted molar refractivity (Wildman–Crippen MR) is 73.6 cm³/mol. The Labute approximate surface area is 116 Å².